The van der Waals surface area contributed by atoms with Crippen molar-refractivity contribution in [2.45, 2.75) is 24.2 Å². The molecule has 1 aliphatic heterocycles. The van der Waals surface area contributed by atoms with Gasteiger partial charge in [0.15, 0.2) is 6.23 Å². The van der Waals surface area contributed by atoms with Crippen molar-refractivity contribution in [3.63, 3.8) is 0 Å². The van der Waals surface area contributed by atoms with E-state index in [1.54, 1.807) is 0 Å². The molecule has 4 atom stereocenters. The third kappa shape index (κ3) is 2.09. The molecule has 0 saturated carbocycles. The van der Waals surface area contributed by atoms with E-state index in [9.17, 15) is 20.1 Å². The van der Waals surface area contributed by atoms with Gasteiger partial charge in [0.25, 0.3) is 0 Å². The summed E-state index contributed by atoms with van der Waals surface area (Å²) in [5, 5.41) is 32.2. The highest BCUT2D eigenvalue weighted by atomic mass is 16.6. The van der Waals surface area contributed by atoms with Crippen LogP contribution in [0.1, 0.15) is 6.23 Å². The Bertz CT molecular complexity index is 613. The summed E-state index contributed by atoms with van der Waals surface area (Å²) in [5.41, 5.74) is 10.9. The maximum Gasteiger partial charge on any atom is 0.351 e. The number of nitrogens with zero attached hydrogens (tertiary/aromatic N) is 5. The van der Waals surface area contributed by atoms with E-state index in [4.69, 9.17) is 16.0 Å². The van der Waals surface area contributed by atoms with Crippen molar-refractivity contribution in [2.75, 3.05) is 12.3 Å². The second-order valence-electron chi connectivity index (χ2n) is 4.18. The van der Waals surface area contributed by atoms with E-state index in [0.29, 0.717) is 0 Å². The highest BCUT2D eigenvalue weighted by molar-refractivity contribution is 5.23. The van der Waals surface area contributed by atoms with Crippen molar-refractivity contribution in [3.05, 3.63) is 33.2 Å². The molecule has 1 saturated heterocycles. The SMILES string of the molecule is [N-]=[N+]=N[C@]1(CO)O[C@@H](n2ccc(N)nc2=O)[C@H](O)[C@H]1O. The van der Waals surface area contributed by atoms with Crippen molar-refractivity contribution >= 4 is 5.82 Å². The van der Waals surface area contributed by atoms with Crippen LogP contribution < -0.4 is 11.4 Å². The second kappa shape index (κ2) is 5.07. The summed E-state index contributed by atoms with van der Waals surface area (Å²) in [6.45, 7) is -0.872. The number of ether oxygens (including phenoxy) is 1. The van der Waals surface area contributed by atoms with Crippen LogP contribution in [-0.2, 0) is 4.74 Å². The van der Waals surface area contributed by atoms with Crippen LogP contribution >= 0.6 is 0 Å². The van der Waals surface area contributed by atoms with Gasteiger partial charge in [-0.3, -0.25) is 4.57 Å². The Morgan fingerprint density at radius 1 is 1.65 bits per heavy atom. The van der Waals surface area contributed by atoms with E-state index in [2.05, 4.69) is 15.0 Å². The van der Waals surface area contributed by atoms with E-state index in [1.165, 1.54) is 12.3 Å². The first-order chi connectivity index (χ1) is 9.45. The Hall–Kier alpha value is -2.17. The second-order valence-corrected chi connectivity index (χ2v) is 4.18. The molecule has 11 nitrogen and oxygen atoms in total. The molecule has 5 N–H and O–H groups in total. The number of nitrogen functional groups attached to an aromatic ring is 1. The lowest BCUT2D eigenvalue weighted by molar-refractivity contribution is -0.125. The molecule has 2 rings (SSSR count). The number of anilines is 1. The maximum absolute atomic E-state index is 11.7. The molecule has 20 heavy (non-hydrogen) atoms. The number of azide groups is 1. The summed E-state index contributed by atoms with van der Waals surface area (Å²) >= 11 is 0. The van der Waals surface area contributed by atoms with E-state index < -0.39 is 36.5 Å². The minimum absolute atomic E-state index is 0.0252. The lowest BCUT2D eigenvalue weighted by atomic mass is 10.1. The highest BCUT2D eigenvalue weighted by Crippen LogP contribution is 2.37. The Morgan fingerprint density at radius 2 is 2.35 bits per heavy atom. The van der Waals surface area contributed by atoms with Crippen molar-refractivity contribution in [1.82, 2.24) is 9.55 Å². The lowest BCUT2D eigenvalue weighted by Crippen LogP contribution is -2.44. The highest BCUT2D eigenvalue weighted by Gasteiger charge is 2.54. The molecule has 11 heteroatoms. The zero-order valence-electron chi connectivity index (χ0n) is 10.1. The molecule has 2 heterocycles. The molecule has 1 aliphatic rings. The fourth-order valence-corrected chi connectivity index (χ4v) is 1.93. The number of hydrogen-bond donors (Lipinski definition) is 4. The van der Waals surface area contributed by atoms with Gasteiger partial charge in [-0.1, -0.05) is 5.11 Å². The first kappa shape index (κ1) is 14.2. The molecule has 108 valence electrons. The molecule has 0 spiro atoms. The summed E-state index contributed by atoms with van der Waals surface area (Å²) < 4.78 is 6.05. The van der Waals surface area contributed by atoms with E-state index >= 15 is 0 Å². The zero-order chi connectivity index (χ0) is 14.9. The topological polar surface area (TPSA) is 180 Å². The molecule has 0 radical (unpaired) electrons. The largest absolute Gasteiger partial charge is 0.393 e. The Morgan fingerprint density at radius 3 is 2.90 bits per heavy atom. The van der Waals surface area contributed by atoms with Gasteiger partial charge in [0.2, 0.25) is 5.72 Å². The number of hydrogen-bond acceptors (Lipinski definition) is 8. The van der Waals surface area contributed by atoms with Crippen LogP contribution in [0.2, 0.25) is 0 Å². The van der Waals surface area contributed by atoms with Crippen LogP contribution in [-0.4, -0.2) is 49.4 Å². The molecule has 0 amide bonds. The van der Waals surface area contributed by atoms with Crippen molar-refractivity contribution in [3.8, 4) is 0 Å². The molecular weight excluding hydrogens is 272 g/mol. The van der Waals surface area contributed by atoms with Crippen LogP contribution in [0.3, 0.4) is 0 Å². The van der Waals surface area contributed by atoms with Gasteiger partial charge in [-0.05, 0) is 11.6 Å². The summed E-state index contributed by atoms with van der Waals surface area (Å²) in [5.74, 6) is -0.0252. The number of nitrogens with two attached hydrogens (primary N) is 1. The predicted octanol–water partition coefficient (Wildman–Crippen LogP) is -1.92. The Labute approximate surface area is 111 Å². The first-order valence-corrected chi connectivity index (χ1v) is 5.51. The van der Waals surface area contributed by atoms with Crippen LogP contribution in [0.5, 0.6) is 0 Å². The van der Waals surface area contributed by atoms with Crippen LogP contribution in [0.15, 0.2) is 22.2 Å². The number of aromatic nitrogens is 2. The van der Waals surface area contributed by atoms with Crippen molar-refractivity contribution < 1.29 is 20.1 Å². The van der Waals surface area contributed by atoms with Crippen molar-refractivity contribution in [2.24, 2.45) is 5.11 Å². The van der Waals surface area contributed by atoms with Gasteiger partial charge in [-0.2, -0.15) is 4.98 Å². The van der Waals surface area contributed by atoms with Gasteiger partial charge in [0, 0.05) is 11.1 Å². The number of aliphatic hydroxyl groups excluding tert-OH is 3. The maximum atomic E-state index is 11.7. The van der Waals surface area contributed by atoms with E-state index in [0.717, 1.165) is 4.57 Å². The third-order valence-corrected chi connectivity index (χ3v) is 2.97. The monoisotopic (exact) mass is 284 g/mol. The smallest absolute Gasteiger partial charge is 0.351 e. The summed E-state index contributed by atoms with van der Waals surface area (Å²) in [7, 11) is 0. The summed E-state index contributed by atoms with van der Waals surface area (Å²) in [4.78, 5) is 17.6. The van der Waals surface area contributed by atoms with Gasteiger partial charge >= 0.3 is 5.69 Å². The predicted molar refractivity (Wildman–Crippen MR) is 64.0 cm³/mol. The molecule has 0 aliphatic carbocycles. The standard InChI is InChI=1S/C9H12N6O5/c10-4-1-2-15(8(19)12-4)7-5(17)6(18)9(3-16,20-7)13-14-11/h1-2,5-7,16-18H,3H2,(H2,10,12,19)/t5-,6-,7-,9-/m1/s1. The zero-order valence-corrected chi connectivity index (χ0v) is 10.1. The van der Waals surface area contributed by atoms with E-state index in [-0.39, 0.29) is 5.82 Å². The third-order valence-electron chi connectivity index (χ3n) is 2.97. The molecule has 1 aromatic heterocycles. The van der Waals surface area contributed by atoms with Crippen LogP contribution in [0, 0.1) is 0 Å². The average molecular weight is 284 g/mol. The van der Waals surface area contributed by atoms with Crippen LogP contribution in [0.25, 0.3) is 10.4 Å². The molecule has 0 aromatic carbocycles. The minimum atomic E-state index is -2.07. The minimum Gasteiger partial charge on any atom is -0.393 e. The average Bonchev–Trinajstić information content (AvgIpc) is 2.65. The molecule has 0 unspecified atom stereocenters. The van der Waals surface area contributed by atoms with Gasteiger partial charge in [0.1, 0.15) is 18.0 Å². The molecule has 0 bridgehead atoms. The molecule has 1 aromatic rings. The summed E-state index contributed by atoms with van der Waals surface area (Å²) in [6, 6.07) is 1.29. The van der Waals surface area contributed by atoms with Gasteiger partial charge in [-0.15, -0.1) is 0 Å². The quantitative estimate of drug-likeness (QED) is 0.283. The van der Waals surface area contributed by atoms with Crippen LogP contribution in [0.4, 0.5) is 5.82 Å². The first-order valence-electron chi connectivity index (χ1n) is 5.51. The molecular formula is C9H12N6O5. The molecule has 1 fully saturated rings. The fraction of sp³-hybridized carbons (Fsp3) is 0.556. The Balaban J connectivity index is 2.45. The lowest BCUT2D eigenvalue weighted by Gasteiger charge is -2.23. The number of aliphatic hydroxyl groups is 3. The van der Waals surface area contributed by atoms with E-state index in [1.807, 2.05) is 0 Å². The fourth-order valence-electron chi connectivity index (χ4n) is 1.93. The Kier molecular flexibility index (Phi) is 3.61. The van der Waals surface area contributed by atoms with Gasteiger partial charge in [-0.25, -0.2) is 4.79 Å². The van der Waals surface area contributed by atoms with Crippen molar-refractivity contribution in [1.29, 1.82) is 0 Å². The normalized spacial score (nSPS) is 32.9. The van der Waals surface area contributed by atoms with Gasteiger partial charge in [0.05, 0.1) is 6.61 Å². The summed E-state index contributed by atoms with van der Waals surface area (Å²) in [6.07, 6.45) is -3.48. The van der Waals surface area contributed by atoms with Gasteiger partial charge < -0.3 is 25.8 Å². The number of rotatable bonds is 3.